The molecule has 2 nitrogen and oxygen atoms in total. The average molecular weight is 141 g/mol. The number of hydrogen-bond acceptors (Lipinski definition) is 2. The van der Waals surface area contributed by atoms with E-state index in [4.69, 9.17) is 5.11 Å². The van der Waals surface area contributed by atoms with Gasteiger partial charge in [-0.1, -0.05) is 20.4 Å². The predicted molar refractivity (Wildman–Crippen MR) is 40.4 cm³/mol. The number of carbonyl (C=O) groups excluding carboxylic acids is 1. The Kier molecular flexibility index (Phi) is 3.96. The molecule has 1 radical (unpaired) electrons. The van der Waals surface area contributed by atoms with E-state index < -0.39 is 6.10 Å². The van der Waals surface area contributed by atoms with E-state index in [0.29, 0.717) is 0 Å². The monoisotopic (exact) mass is 141 g/mol. The lowest BCUT2D eigenvalue weighted by atomic mass is 9.99. The molecular weight excluding hydrogens is 128 g/mol. The Balaban J connectivity index is 3.93. The highest BCUT2D eigenvalue weighted by atomic mass is 16.3. The molecule has 0 aromatic carbocycles. The lowest BCUT2D eigenvalue weighted by Gasteiger charge is -2.12. The molecule has 0 aromatic heterocycles. The van der Waals surface area contributed by atoms with Gasteiger partial charge in [0.2, 0.25) is 0 Å². The Morgan fingerprint density at radius 1 is 1.80 bits per heavy atom. The molecule has 0 saturated heterocycles. The maximum Gasteiger partial charge on any atom is 0.184 e. The van der Waals surface area contributed by atoms with Crippen LogP contribution in [0.1, 0.15) is 20.3 Å². The minimum Gasteiger partial charge on any atom is -0.384 e. The molecule has 0 saturated carbocycles. The van der Waals surface area contributed by atoms with Crippen molar-refractivity contribution in [2.45, 2.75) is 26.4 Å². The number of aliphatic hydroxyl groups is 1. The number of hydrogen-bond donors (Lipinski definition) is 1. The molecular formula is C8H13O2. The molecule has 1 atom stereocenters. The zero-order valence-electron chi connectivity index (χ0n) is 6.42. The summed E-state index contributed by atoms with van der Waals surface area (Å²) in [4.78, 5) is 10.7. The van der Waals surface area contributed by atoms with E-state index in [2.05, 4.69) is 6.58 Å². The summed E-state index contributed by atoms with van der Waals surface area (Å²) in [6.45, 7) is 6.93. The standard InChI is InChI=1S/C8H13O2/c1-4-6(3)8(10)7(9)5-2/h5,8,10H,2,4H2,1,3H3. The van der Waals surface area contributed by atoms with Crippen molar-refractivity contribution in [3.8, 4) is 0 Å². The summed E-state index contributed by atoms with van der Waals surface area (Å²) >= 11 is 0. The quantitative estimate of drug-likeness (QED) is 0.595. The van der Waals surface area contributed by atoms with Crippen molar-refractivity contribution in [1.29, 1.82) is 0 Å². The summed E-state index contributed by atoms with van der Waals surface area (Å²) in [5.41, 5.74) is 0. The van der Waals surface area contributed by atoms with E-state index >= 15 is 0 Å². The number of carbonyl (C=O) groups is 1. The van der Waals surface area contributed by atoms with E-state index in [1.54, 1.807) is 6.92 Å². The van der Waals surface area contributed by atoms with Crippen molar-refractivity contribution in [2.24, 2.45) is 0 Å². The molecule has 0 aliphatic carbocycles. The lowest BCUT2D eigenvalue weighted by Crippen LogP contribution is -2.23. The first-order valence-corrected chi connectivity index (χ1v) is 3.30. The van der Waals surface area contributed by atoms with Gasteiger partial charge in [-0.25, -0.2) is 0 Å². The van der Waals surface area contributed by atoms with Crippen LogP contribution in [0.3, 0.4) is 0 Å². The fraction of sp³-hybridized carbons (Fsp3) is 0.500. The van der Waals surface area contributed by atoms with Crippen molar-refractivity contribution >= 4 is 5.78 Å². The lowest BCUT2D eigenvalue weighted by molar-refractivity contribution is -0.121. The second-order valence-electron chi connectivity index (χ2n) is 2.21. The van der Waals surface area contributed by atoms with Gasteiger partial charge in [0.05, 0.1) is 0 Å². The van der Waals surface area contributed by atoms with Crippen molar-refractivity contribution in [3.63, 3.8) is 0 Å². The van der Waals surface area contributed by atoms with Gasteiger partial charge in [-0.3, -0.25) is 4.79 Å². The Morgan fingerprint density at radius 3 is 2.60 bits per heavy atom. The van der Waals surface area contributed by atoms with Crippen LogP contribution < -0.4 is 0 Å². The zero-order valence-corrected chi connectivity index (χ0v) is 6.42. The van der Waals surface area contributed by atoms with Gasteiger partial charge >= 0.3 is 0 Å². The van der Waals surface area contributed by atoms with Crippen molar-refractivity contribution < 1.29 is 9.90 Å². The van der Waals surface area contributed by atoms with Crippen LogP contribution in [0.2, 0.25) is 0 Å². The molecule has 0 aliphatic rings. The molecule has 0 heterocycles. The third kappa shape index (κ3) is 2.31. The summed E-state index contributed by atoms with van der Waals surface area (Å²) in [5.74, 6) is 0.462. The molecule has 57 valence electrons. The Bertz CT molecular complexity index is 129. The van der Waals surface area contributed by atoms with Gasteiger partial charge in [0.1, 0.15) is 6.10 Å². The van der Waals surface area contributed by atoms with Crippen LogP contribution in [0, 0.1) is 5.92 Å². The topological polar surface area (TPSA) is 37.3 Å². The van der Waals surface area contributed by atoms with Crippen molar-refractivity contribution in [1.82, 2.24) is 0 Å². The predicted octanol–water partition coefficient (Wildman–Crippen LogP) is 1.11. The first-order valence-electron chi connectivity index (χ1n) is 3.30. The van der Waals surface area contributed by atoms with Crippen LogP contribution in [0.15, 0.2) is 12.7 Å². The van der Waals surface area contributed by atoms with Crippen LogP contribution >= 0.6 is 0 Å². The normalized spacial score (nSPS) is 13.2. The largest absolute Gasteiger partial charge is 0.384 e. The van der Waals surface area contributed by atoms with Crippen LogP contribution in [0.25, 0.3) is 0 Å². The van der Waals surface area contributed by atoms with Crippen LogP contribution in [0.5, 0.6) is 0 Å². The maximum absolute atomic E-state index is 10.7. The Hall–Kier alpha value is -0.630. The molecule has 0 amide bonds. The SMILES string of the molecule is C=CC(=O)C(O)[C](C)CC. The minimum atomic E-state index is -0.942. The van der Waals surface area contributed by atoms with Crippen LogP contribution in [-0.2, 0) is 4.79 Å². The summed E-state index contributed by atoms with van der Waals surface area (Å²) < 4.78 is 0. The molecule has 2 heteroatoms. The smallest absolute Gasteiger partial charge is 0.184 e. The van der Waals surface area contributed by atoms with Gasteiger partial charge in [-0.2, -0.15) is 0 Å². The first kappa shape index (κ1) is 9.37. The highest BCUT2D eigenvalue weighted by molar-refractivity contribution is 5.94. The Morgan fingerprint density at radius 2 is 2.30 bits per heavy atom. The van der Waals surface area contributed by atoms with Gasteiger partial charge in [0.25, 0.3) is 0 Å². The average Bonchev–Trinajstić information content (AvgIpc) is 2.00. The van der Waals surface area contributed by atoms with Crippen molar-refractivity contribution in [3.05, 3.63) is 18.6 Å². The fourth-order valence-corrected chi connectivity index (χ4v) is 0.548. The van der Waals surface area contributed by atoms with Gasteiger partial charge < -0.3 is 5.11 Å². The molecule has 0 rings (SSSR count). The van der Waals surface area contributed by atoms with Gasteiger partial charge in [0.15, 0.2) is 5.78 Å². The molecule has 10 heavy (non-hydrogen) atoms. The van der Waals surface area contributed by atoms with Crippen LogP contribution in [-0.4, -0.2) is 17.0 Å². The van der Waals surface area contributed by atoms with Gasteiger partial charge in [0, 0.05) is 5.92 Å². The molecule has 0 fully saturated rings. The van der Waals surface area contributed by atoms with Crippen molar-refractivity contribution in [2.75, 3.05) is 0 Å². The van der Waals surface area contributed by atoms with Gasteiger partial charge in [-0.15, -0.1) is 0 Å². The Labute approximate surface area is 61.6 Å². The zero-order chi connectivity index (χ0) is 8.15. The number of rotatable bonds is 4. The number of ketones is 1. The summed E-state index contributed by atoms with van der Waals surface area (Å²) in [7, 11) is 0. The molecule has 0 aliphatic heterocycles. The van der Waals surface area contributed by atoms with E-state index in [1.165, 1.54) is 0 Å². The summed E-state index contributed by atoms with van der Waals surface area (Å²) in [6.07, 6.45) is 0.924. The second-order valence-corrected chi connectivity index (χ2v) is 2.21. The third-order valence-electron chi connectivity index (χ3n) is 1.50. The fourth-order valence-electron chi connectivity index (χ4n) is 0.548. The van der Waals surface area contributed by atoms with E-state index in [-0.39, 0.29) is 5.78 Å². The maximum atomic E-state index is 10.7. The molecule has 1 unspecified atom stereocenters. The van der Waals surface area contributed by atoms with E-state index in [1.807, 2.05) is 6.92 Å². The summed E-state index contributed by atoms with van der Waals surface area (Å²) in [5, 5.41) is 9.13. The van der Waals surface area contributed by atoms with Gasteiger partial charge in [-0.05, 0) is 12.5 Å². The molecule has 0 spiro atoms. The molecule has 1 N–H and O–H groups in total. The molecule has 0 aromatic rings. The molecule has 0 bridgehead atoms. The highest BCUT2D eigenvalue weighted by Gasteiger charge is 2.17. The second kappa shape index (κ2) is 4.23. The third-order valence-corrected chi connectivity index (χ3v) is 1.50. The number of aliphatic hydroxyl groups excluding tert-OH is 1. The van der Waals surface area contributed by atoms with E-state index in [9.17, 15) is 4.79 Å². The van der Waals surface area contributed by atoms with E-state index in [0.717, 1.165) is 18.4 Å². The first-order chi connectivity index (χ1) is 4.63. The highest BCUT2D eigenvalue weighted by Crippen LogP contribution is 2.10. The minimum absolute atomic E-state index is 0.320. The summed E-state index contributed by atoms with van der Waals surface area (Å²) in [6, 6.07) is 0. The van der Waals surface area contributed by atoms with Crippen LogP contribution in [0.4, 0.5) is 0 Å².